The first kappa shape index (κ1) is 14.2. The van der Waals surface area contributed by atoms with Gasteiger partial charge in [-0.15, -0.1) is 0 Å². The maximum atomic E-state index is 12.2. The van der Waals surface area contributed by atoms with Gasteiger partial charge in [-0.25, -0.2) is 4.98 Å². The number of rotatable bonds is 3. The second kappa shape index (κ2) is 5.95. The van der Waals surface area contributed by atoms with Crippen LogP contribution < -0.4 is 5.56 Å². The smallest absolute Gasteiger partial charge is 0.258 e. The Kier molecular flexibility index (Phi) is 4.03. The van der Waals surface area contributed by atoms with E-state index in [-0.39, 0.29) is 12.2 Å². The molecule has 1 aliphatic rings. The summed E-state index contributed by atoms with van der Waals surface area (Å²) >= 11 is 0. The van der Waals surface area contributed by atoms with Gasteiger partial charge in [0.15, 0.2) is 0 Å². The number of hydrogen-bond donors (Lipinski definition) is 2. The van der Waals surface area contributed by atoms with Gasteiger partial charge in [-0.2, -0.15) is 0 Å². The average molecular weight is 287 g/mol. The molecule has 1 atom stereocenters. The first-order valence-electron chi connectivity index (χ1n) is 7.49. The molecule has 0 bridgehead atoms. The monoisotopic (exact) mass is 287 g/mol. The van der Waals surface area contributed by atoms with E-state index >= 15 is 0 Å². The van der Waals surface area contributed by atoms with E-state index in [4.69, 9.17) is 0 Å². The zero-order valence-corrected chi connectivity index (χ0v) is 12.3. The van der Waals surface area contributed by atoms with Gasteiger partial charge in [0.2, 0.25) is 0 Å². The lowest BCUT2D eigenvalue weighted by Crippen LogP contribution is -2.37. The van der Waals surface area contributed by atoms with Crippen molar-refractivity contribution in [1.29, 1.82) is 0 Å². The van der Waals surface area contributed by atoms with Gasteiger partial charge in [0.1, 0.15) is 5.82 Å². The van der Waals surface area contributed by atoms with E-state index < -0.39 is 0 Å². The maximum Gasteiger partial charge on any atom is 0.258 e. The normalized spacial score (nSPS) is 20.0. The van der Waals surface area contributed by atoms with E-state index in [0.717, 1.165) is 37.0 Å². The summed E-state index contributed by atoms with van der Waals surface area (Å²) in [7, 11) is 0. The third kappa shape index (κ3) is 2.99. The van der Waals surface area contributed by atoms with Crippen LogP contribution in [0.2, 0.25) is 0 Å². The number of nitrogens with zero attached hydrogens (tertiary/aromatic N) is 2. The fourth-order valence-corrected chi connectivity index (χ4v) is 3.08. The molecule has 1 aromatic heterocycles. The SMILES string of the molecule is Cc1cccc2c(=O)[nH]c(CN3CCCC(CO)C3)nc12. The van der Waals surface area contributed by atoms with Crippen LogP contribution in [0.15, 0.2) is 23.0 Å². The first-order chi connectivity index (χ1) is 10.2. The Morgan fingerprint density at radius 3 is 3.14 bits per heavy atom. The minimum atomic E-state index is -0.0746. The van der Waals surface area contributed by atoms with Crippen molar-refractivity contribution in [3.63, 3.8) is 0 Å². The Hall–Kier alpha value is -1.72. The van der Waals surface area contributed by atoms with E-state index in [0.29, 0.717) is 23.7 Å². The van der Waals surface area contributed by atoms with Crippen molar-refractivity contribution in [2.45, 2.75) is 26.3 Å². The van der Waals surface area contributed by atoms with Gasteiger partial charge in [-0.1, -0.05) is 12.1 Å². The number of hydrogen-bond acceptors (Lipinski definition) is 4. The Morgan fingerprint density at radius 2 is 2.33 bits per heavy atom. The number of aliphatic hydroxyl groups is 1. The number of aliphatic hydroxyl groups excluding tert-OH is 1. The highest BCUT2D eigenvalue weighted by molar-refractivity contribution is 5.80. The van der Waals surface area contributed by atoms with Gasteiger partial charge < -0.3 is 10.1 Å². The number of aromatic nitrogens is 2. The molecule has 1 saturated heterocycles. The van der Waals surface area contributed by atoms with E-state index in [1.807, 2.05) is 19.1 Å². The Morgan fingerprint density at radius 1 is 1.48 bits per heavy atom. The predicted molar refractivity (Wildman–Crippen MR) is 82.2 cm³/mol. The Labute approximate surface area is 123 Å². The summed E-state index contributed by atoms with van der Waals surface area (Å²) in [6.45, 7) is 4.70. The van der Waals surface area contributed by atoms with Crippen molar-refractivity contribution < 1.29 is 5.11 Å². The summed E-state index contributed by atoms with van der Waals surface area (Å²) in [5.74, 6) is 1.05. The molecule has 0 amide bonds. The van der Waals surface area contributed by atoms with Crippen LogP contribution in [0.4, 0.5) is 0 Å². The number of benzene rings is 1. The molecule has 1 unspecified atom stereocenters. The molecule has 5 heteroatoms. The van der Waals surface area contributed by atoms with Gasteiger partial charge in [-0.3, -0.25) is 9.69 Å². The average Bonchev–Trinajstić information content (AvgIpc) is 2.49. The summed E-state index contributed by atoms with van der Waals surface area (Å²) in [5, 5.41) is 9.94. The molecule has 21 heavy (non-hydrogen) atoms. The zero-order valence-electron chi connectivity index (χ0n) is 12.3. The lowest BCUT2D eigenvalue weighted by Gasteiger charge is -2.31. The summed E-state index contributed by atoms with van der Waals surface area (Å²) < 4.78 is 0. The van der Waals surface area contributed by atoms with Gasteiger partial charge in [0, 0.05) is 13.2 Å². The maximum absolute atomic E-state index is 12.2. The standard InChI is InChI=1S/C16H21N3O2/c1-11-4-2-6-13-15(11)17-14(18-16(13)21)9-19-7-3-5-12(8-19)10-20/h2,4,6,12,20H,3,5,7-10H2,1H3,(H,17,18,21). The molecule has 0 radical (unpaired) electrons. The van der Waals surface area contributed by atoms with Crippen LogP contribution in [-0.2, 0) is 6.54 Å². The van der Waals surface area contributed by atoms with Crippen molar-refractivity contribution in [2.75, 3.05) is 19.7 Å². The zero-order chi connectivity index (χ0) is 14.8. The van der Waals surface area contributed by atoms with E-state index in [2.05, 4.69) is 14.9 Å². The number of nitrogens with one attached hydrogen (secondary N) is 1. The van der Waals surface area contributed by atoms with Gasteiger partial charge in [-0.05, 0) is 43.9 Å². The third-order valence-corrected chi connectivity index (χ3v) is 4.22. The number of likely N-dealkylation sites (tertiary alicyclic amines) is 1. The van der Waals surface area contributed by atoms with Crippen molar-refractivity contribution in [3.8, 4) is 0 Å². The summed E-state index contributed by atoms with van der Waals surface area (Å²) in [5.41, 5.74) is 1.73. The molecule has 2 heterocycles. The number of fused-ring (bicyclic) bond motifs is 1. The molecule has 1 aliphatic heterocycles. The number of H-pyrrole nitrogens is 1. The van der Waals surface area contributed by atoms with Crippen LogP contribution in [0.3, 0.4) is 0 Å². The fraction of sp³-hybridized carbons (Fsp3) is 0.500. The van der Waals surface area contributed by atoms with E-state index in [1.165, 1.54) is 0 Å². The van der Waals surface area contributed by atoms with Crippen LogP contribution in [0.25, 0.3) is 10.9 Å². The molecule has 0 spiro atoms. The van der Waals surface area contributed by atoms with Crippen LogP contribution in [0.1, 0.15) is 24.2 Å². The van der Waals surface area contributed by atoms with Crippen molar-refractivity contribution in [2.24, 2.45) is 5.92 Å². The number of piperidine rings is 1. The molecule has 2 N–H and O–H groups in total. The van der Waals surface area contributed by atoms with Crippen LogP contribution in [-0.4, -0.2) is 39.7 Å². The lowest BCUT2D eigenvalue weighted by atomic mass is 9.99. The molecule has 0 aliphatic carbocycles. The Balaban J connectivity index is 1.87. The summed E-state index contributed by atoms with van der Waals surface area (Å²) in [6, 6.07) is 5.66. The highest BCUT2D eigenvalue weighted by atomic mass is 16.3. The molecule has 1 aromatic carbocycles. The van der Waals surface area contributed by atoms with Gasteiger partial charge in [0.25, 0.3) is 5.56 Å². The molecular formula is C16H21N3O2. The van der Waals surface area contributed by atoms with Gasteiger partial charge in [0.05, 0.1) is 17.4 Å². The molecular weight excluding hydrogens is 266 g/mol. The second-order valence-electron chi connectivity index (χ2n) is 5.91. The number of aryl methyl sites for hydroxylation is 1. The van der Waals surface area contributed by atoms with E-state index in [9.17, 15) is 9.90 Å². The molecule has 2 aromatic rings. The van der Waals surface area contributed by atoms with Crippen LogP contribution in [0, 0.1) is 12.8 Å². The minimum Gasteiger partial charge on any atom is -0.396 e. The van der Waals surface area contributed by atoms with Crippen LogP contribution >= 0.6 is 0 Å². The van der Waals surface area contributed by atoms with Crippen molar-refractivity contribution in [1.82, 2.24) is 14.9 Å². The van der Waals surface area contributed by atoms with Crippen molar-refractivity contribution in [3.05, 3.63) is 39.9 Å². The first-order valence-corrected chi connectivity index (χ1v) is 7.49. The molecule has 5 nitrogen and oxygen atoms in total. The van der Waals surface area contributed by atoms with Gasteiger partial charge >= 0.3 is 0 Å². The third-order valence-electron chi connectivity index (χ3n) is 4.22. The van der Waals surface area contributed by atoms with Crippen molar-refractivity contribution >= 4 is 10.9 Å². The molecule has 3 rings (SSSR count). The number of aromatic amines is 1. The predicted octanol–water partition coefficient (Wildman–Crippen LogP) is 1.44. The molecule has 1 fully saturated rings. The largest absolute Gasteiger partial charge is 0.396 e. The topological polar surface area (TPSA) is 69.2 Å². The van der Waals surface area contributed by atoms with Crippen LogP contribution in [0.5, 0.6) is 0 Å². The fourth-order valence-electron chi connectivity index (χ4n) is 3.08. The lowest BCUT2D eigenvalue weighted by molar-refractivity contribution is 0.114. The second-order valence-corrected chi connectivity index (χ2v) is 5.91. The minimum absolute atomic E-state index is 0.0746. The molecule has 0 saturated carbocycles. The molecule has 112 valence electrons. The Bertz CT molecular complexity index is 695. The number of para-hydroxylation sites is 1. The highest BCUT2D eigenvalue weighted by Crippen LogP contribution is 2.18. The quantitative estimate of drug-likeness (QED) is 0.896. The summed E-state index contributed by atoms with van der Waals surface area (Å²) in [4.78, 5) is 21.9. The highest BCUT2D eigenvalue weighted by Gasteiger charge is 2.20. The van der Waals surface area contributed by atoms with E-state index in [1.54, 1.807) is 6.07 Å². The summed E-state index contributed by atoms with van der Waals surface area (Å²) in [6.07, 6.45) is 2.16.